The molecule has 2 nitrogen and oxygen atoms in total. The van der Waals surface area contributed by atoms with Crippen molar-refractivity contribution in [2.75, 3.05) is 26.2 Å². The Labute approximate surface area is 89.9 Å². The van der Waals surface area contributed by atoms with E-state index in [9.17, 15) is 0 Å². The Hall–Kier alpha value is -0.0800. The Balaban J connectivity index is 2.99. The molecule has 0 aliphatic heterocycles. The average Bonchev–Trinajstić information content (AvgIpc) is 2.15. The van der Waals surface area contributed by atoms with Crippen LogP contribution in [-0.2, 0) is 0 Å². The van der Waals surface area contributed by atoms with Gasteiger partial charge >= 0.3 is 0 Å². The van der Waals surface area contributed by atoms with E-state index in [-0.39, 0.29) is 0 Å². The van der Waals surface area contributed by atoms with Gasteiger partial charge in [0, 0.05) is 0 Å². The third kappa shape index (κ3) is 10.0. The van der Waals surface area contributed by atoms with Crippen molar-refractivity contribution >= 4 is 0 Å². The van der Waals surface area contributed by atoms with E-state index in [0.717, 1.165) is 31.5 Å². The number of nitrogens with one attached hydrogen (secondary N) is 2. The molecule has 0 aromatic heterocycles. The lowest BCUT2D eigenvalue weighted by atomic mass is 10.1. The zero-order chi connectivity index (χ0) is 10.8. The van der Waals surface area contributed by atoms with Crippen LogP contribution in [0.4, 0.5) is 0 Å². The van der Waals surface area contributed by atoms with E-state index in [4.69, 9.17) is 0 Å². The lowest BCUT2D eigenvalue weighted by molar-refractivity contribution is 0.482. The molecule has 0 saturated carbocycles. The third-order valence-corrected chi connectivity index (χ3v) is 2.45. The number of hydrogen-bond acceptors (Lipinski definition) is 2. The van der Waals surface area contributed by atoms with Gasteiger partial charge in [0.25, 0.3) is 0 Å². The summed E-state index contributed by atoms with van der Waals surface area (Å²) < 4.78 is 0. The Morgan fingerprint density at radius 2 is 1.50 bits per heavy atom. The van der Waals surface area contributed by atoms with E-state index in [2.05, 4.69) is 38.3 Å². The summed E-state index contributed by atoms with van der Waals surface area (Å²) in [6.45, 7) is 13.6. The van der Waals surface area contributed by atoms with Crippen LogP contribution in [0, 0.1) is 11.8 Å². The maximum absolute atomic E-state index is 3.48. The molecule has 0 saturated heterocycles. The van der Waals surface area contributed by atoms with Gasteiger partial charge in [-0.05, 0) is 44.4 Å². The van der Waals surface area contributed by atoms with Gasteiger partial charge in [0.05, 0.1) is 0 Å². The normalized spacial score (nSPS) is 13.5. The van der Waals surface area contributed by atoms with Crippen LogP contribution in [0.5, 0.6) is 0 Å². The van der Waals surface area contributed by atoms with Crippen LogP contribution in [0.25, 0.3) is 0 Å². The summed E-state index contributed by atoms with van der Waals surface area (Å²) in [6, 6.07) is 0. The summed E-state index contributed by atoms with van der Waals surface area (Å²) in [7, 11) is 0. The van der Waals surface area contributed by atoms with Crippen molar-refractivity contribution < 1.29 is 0 Å². The molecular weight excluding hydrogens is 172 g/mol. The fourth-order valence-electron chi connectivity index (χ4n) is 1.22. The summed E-state index contributed by atoms with van der Waals surface area (Å²) in [6.07, 6.45) is 2.52. The predicted molar refractivity (Wildman–Crippen MR) is 64.6 cm³/mol. The Morgan fingerprint density at radius 3 is 2.00 bits per heavy atom. The van der Waals surface area contributed by atoms with Crippen molar-refractivity contribution in [1.29, 1.82) is 0 Å². The first-order chi connectivity index (χ1) is 6.66. The van der Waals surface area contributed by atoms with E-state index >= 15 is 0 Å². The quantitative estimate of drug-likeness (QED) is 0.558. The number of rotatable bonds is 9. The van der Waals surface area contributed by atoms with Crippen LogP contribution in [0.3, 0.4) is 0 Å². The molecule has 0 radical (unpaired) electrons. The Morgan fingerprint density at radius 1 is 0.929 bits per heavy atom. The molecule has 0 aromatic carbocycles. The van der Waals surface area contributed by atoms with E-state index in [1.807, 2.05) is 0 Å². The Kier molecular flexibility index (Phi) is 9.42. The summed E-state index contributed by atoms with van der Waals surface area (Å²) in [4.78, 5) is 0. The van der Waals surface area contributed by atoms with E-state index < -0.39 is 0 Å². The lowest BCUT2D eigenvalue weighted by Gasteiger charge is -2.10. The van der Waals surface area contributed by atoms with Gasteiger partial charge in [-0.25, -0.2) is 0 Å². The largest absolute Gasteiger partial charge is 0.316 e. The van der Waals surface area contributed by atoms with Crippen molar-refractivity contribution in [2.24, 2.45) is 11.8 Å². The maximum atomic E-state index is 3.48. The fraction of sp³-hybridized carbons (Fsp3) is 1.00. The second-order valence-corrected chi connectivity index (χ2v) is 4.67. The van der Waals surface area contributed by atoms with Gasteiger partial charge in [0.1, 0.15) is 0 Å². The molecule has 86 valence electrons. The van der Waals surface area contributed by atoms with Gasteiger partial charge in [-0.2, -0.15) is 0 Å². The zero-order valence-electron chi connectivity index (χ0n) is 10.4. The molecule has 0 aliphatic rings. The van der Waals surface area contributed by atoms with Crippen LogP contribution in [0.2, 0.25) is 0 Å². The molecule has 0 spiro atoms. The number of hydrogen-bond donors (Lipinski definition) is 2. The van der Waals surface area contributed by atoms with Gasteiger partial charge in [-0.3, -0.25) is 0 Å². The highest BCUT2D eigenvalue weighted by Gasteiger charge is 1.96. The van der Waals surface area contributed by atoms with Crippen molar-refractivity contribution in [3.05, 3.63) is 0 Å². The SMILES string of the molecule is CCC(C)CNCCCNCC(C)C. The molecule has 2 N–H and O–H groups in total. The zero-order valence-corrected chi connectivity index (χ0v) is 10.4. The summed E-state index contributed by atoms with van der Waals surface area (Å²) >= 11 is 0. The molecule has 0 heterocycles. The second kappa shape index (κ2) is 9.47. The third-order valence-electron chi connectivity index (χ3n) is 2.45. The van der Waals surface area contributed by atoms with Crippen molar-refractivity contribution in [3.63, 3.8) is 0 Å². The van der Waals surface area contributed by atoms with Crippen LogP contribution >= 0.6 is 0 Å². The van der Waals surface area contributed by atoms with E-state index in [1.54, 1.807) is 0 Å². The van der Waals surface area contributed by atoms with Crippen LogP contribution in [-0.4, -0.2) is 26.2 Å². The van der Waals surface area contributed by atoms with Crippen molar-refractivity contribution in [2.45, 2.75) is 40.5 Å². The highest BCUT2D eigenvalue weighted by Crippen LogP contribution is 1.96. The van der Waals surface area contributed by atoms with Crippen molar-refractivity contribution in [3.8, 4) is 0 Å². The maximum Gasteiger partial charge on any atom is -0.00232 e. The summed E-state index contributed by atoms with van der Waals surface area (Å²) in [5.74, 6) is 1.58. The molecule has 0 bridgehead atoms. The smallest absolute Gasteiger partial charge is 0.00232 e. The minimum Gasteiger partial charge on any atom is -0.316 e. The minimum atomic E-state index is 0.767. The first-order valence-corrected chi connectivity index (χ1v) is 6.08. The molecular formula is C12H28N2. The fourth-order valence-corrected chi connectivity index (χ4v) is 1.22. The van der Waals surface area contributed by atoms with Gasteiger partial charge in [0.15, 0.2) is 0 Å². The van der Waals surface area contributed by atoms with Gasteiger partial charge in [0.2, 0.25) is 0 Å². The van der Waals surface area contributed by atoms with Gasteiger partial charge < -0.3 is 10.6 Å². The first-order valence-electron chi connectivity index (χ1n) is 6.08. The second-order valence-electron chi connectivity index (χ2n) is 4.67. The lowest BCUT2D eigenvalue weighted by Crippen LogP contribution is -2.26. The monoisotopic (exact) mass is 200 g/mol. The summed E-state index contributed by atoms with van der Waals surface area (Å²) in [5.41, 5.74) is 0. The molecule has 14 heavy (non-hydrogen) atoms. The standard InChI is InChI=1S/C12H28N2/c1-5-12(4)10-14-8-6-7-13-9-11(2)3/h11-14H,5-10H2,1-4H3. The summed E-state index contributed by atoms with van der Waals surface area (Å²) in [5, 5.41) is 6.93. The van der Waals surface area contributed by atoms with E-state index in [0.29, 0.717) is 0 Å². The highest BCUT2D eigenvalue weighted by atomic mass is 14.9. The minimum absolute atomic E-state index is 0.767. The molecule has 0 fully saturated rings. The molecule has 0 amide bonds. The molecule has 1 atom stereocenters. The van der Waals surface area contributed by atoms with Crippen LogP contribution in [0.1, 0.15) is 40.5 Å². The predicted octanol–water partition coefficient (Wildman–Crippen LogP) is 2.26. The average molecular weight is 200 g/mol. The van der Waals surface area contributed by atoms with Crippen LogP contribution in [0.15, 0.2) is 0 Å². The molecule has 0 rings (SSSR count). The van der Waals surface area contributed by atoms with E-state index in [1.165, 1.54) is 19.4 Å². The molecule has 1 unspecified atom stereocenters. The van der Waals surface area contributed by atoms with Crippen LogP contribution < -0.4 is 10.6 Å². The topological polar surface area (TPSA) is 24.1 Å². The van der Waals surface area contributed by atoms with Crippen molar-refractivity contribution in [1.82, 2.24) is 10.6 Å². The first kappa shape index (κ1) is 13.9. The molecule has 2 heteroatoms. The molecule has 0 aromatic rings. The Bertz CT molecular complexity index is 113. The molecule has 0 aliphatic carbocycles. The van der Waals surface area contributed by atoms with Gasteiger partial charge in [-0.15, -0.1) is 0 Å². The van der Waals surface area contributed by atoms with Gasteiger partial charge in [-0.1, -0.05) is 34.1 Å². The highest BCUT2D eigenvalue weighted by molar-refractivity contribution is 4.56.